The van der Waals surface area contributed by atoms with Crippen LogP contribution in [-0.4, -0.2) is 5.78 Å². The predicted molar refractivity (Wildman–Crippen MR) is 60.1 cm³/mol. The van der Waals surface area contributed by atoms with Crippen LogP contribution < -0.4 is 0 Å². The summed E-state index contributed by atoms with van der Waals surface area (Å²) in [5.74, 6) is 0.356. The van der Waals surface area contributed by atoms with E-state index in [0.29, 0.717) is 0 Å². The summed E-state index contributed by atoms with van der Waals surface area (Å²) in [4.78, 5) is 11.7. The molecule has 0 amide bonds. The number of hydrogen-bond acceptors (Lipinski definition) is 1. The molecule has 1 heteroatoms. The van der Waals surface area contributed by atoms with Gasteiger partial charge in [0.05, 0.1) is 0 Å². The summed E-state index contributed by atoms with van der Waals surface area (Å²) in [6.07, 6.45) is 7.75. The van der Waals surface area contributed by atoms with Gasteiger partial charge in [-0.25, -0.2) is 0 Å². The van der Waals surface area contributed by atoms with Crippen molar-refractivity contribution in [2.45, 2.75) is 40.5 Å². The van der Waals surface area contributed by atoms with Crippen molar-refractivity contribution in [3.05, 3.63) is 23.8 Å². The van der Waals surface area contributed by atoms with E-state index < -0.39 is 0 Å². The first-order valence-electron chi connectivity index (χ1n) is 5.28. The van der Waals surface area contributed by atoms with Gasteiger partial charge >= 0.3 is 0 Å². The quantitative estimate of drug-likeness (QED) is 0.483. The lowest BCUT2D eigenvalue weighted by molar-refractivity contribution is -0.117. The zero-order valence-corrected chi connectivity index (χ0v) is 9.63. The summed E-state index contributed by atoms with van der Waals surface area (Å²) in [7, 11) is 0. The van der Waals surface area contributed by atoms with Crippen LogP contribution in [0.3, 0.4) is 0 Å². The van der Waals surface area contributed by atoms with Crippen LogP contribution in [0.25, 0.3) is 0 Å². The van der Waals surface area contributed by atoms with Gasteiger partial charge in [-0.3, -0.25) is 4.79 Å². The molecule has 0 aromatic heterocycles. The third-order valence-corrected chi connectivity index (χ3v) is 2.71. The van der Waals surface area contributed by atoms with Crippen LogP contribution in [0.15, 0.2) is 23.8 Å². The fourth-order valence-electron chi connectivity index (χ4n) is 2.35. The molecule has 0 radical (unpaired) electrons. The van der Waals surface area contributed by atoms with Gasteiger partial charge in [0.15, 0.2) is 5.78 Å². The first-order chi connectivity index (χ1) is 6.44. The molecule has 0 aromatic rings. The van der Waals surface area contributed by atoms with E-state index in [1.807, 2.05) is 13.0 Å². The third-order valence-electron chi connectivity index (χ3n) is 2.71. The average Bonchev–Trinajstić information content (AvgIpc) is 2.00. The predicted octanol–water partition coefficient (Wildman–Crippen LogP) is 3.51. The van der Waals surface area contributed by atoms with Crippen LogP contribution in [0, 0.1) is 11.3 Å². The second kappa shape index (κ2) is 4.12. The van der Waals surface area contributed by atoms with Crippen molar-refractivity contribution in [2.24, 2.45) is 11.3 Å². The van der Waals surface area contributed by atoms with Crippen molar-refractivity contribution >= 4 is 5.78 Å². The summed E-state index contributed by atoms with van der Waals surface area (Å²) < 4.78 is 0. The van der Waals surface area contributed by atoms with E-state index in [0.717, 1.165) is 12.8 Å². The highest BCUT2D eigenvalue weighted by Crippen LogP contribution is 2.38. The molecular weight excluding hydrogens is 172 g/mol. The minimum atomic E-state index is 0.106. The molecular formula is C13H20O. The van der Waals surface area contributed by atoms with E-state index in [2.05, 4.69) is 26.8 Å². The minimum Gasteiger partial charge on any atom is -0.294 e. The molecule has 1 rings (SSSR count). The van der Waals surface area contributed by atoms with Crippen molar-refractivity contribution in [1.29, 1.82) is 0 Å². The molecule has 1 aliphatic rings. The number of carbonyl (C=O) groups is 1. The maximum atomic E-state index is 11.7. The summed E-state index contributed by atoms with van der Waals surface area (Å²) in [6, 6.07) is 0. The fraction of sp³-hybridized carbons (Fsp3) is 0.615. The van der Waals surface area contributed by atoms with E-state index in [-0.39, 0.29) is 17.1 Å². The van der Waals surface area contributed by atoms with Gasteiger partial charge in [-0.1, -0.05) is 31.6 Å². The summed E-state index contributed by atoms with van der Waals surface area (Å²) in [6.45, 7) is 8.48. The number of rotatable bonds is 2. The Morgan fingerprint density at radius 3 is 2.71 bits per heavy atom. The monoisotopic (exact) mass is 192 g/mol. The molecule has 78 valence electrons. The fourth-order valence-corrected chi connectivity index (χ4v) is 2.35. The van der Waals surface area contributed by atoms with Gasteiger partial charge in [-0.15, -0.1) is 0 Å². The highest BCUT2D eigenvalue weighted by molar-refractivity contribution is 5.93. The topological polar surface area (TPSA) is 17.1 Å². The van der Waals surface area contributed by atoms with Gasteiger partial charge in [-0.05, 0) is 38.2 Å². The van der Waals surface area contributed by atoms with Crippen molar-refractivity contribution < 1.29 is 4.79 Å². The Morgan fingerprint density at radius 1 is 1.57 bits per heavy atom. The van der Waals surface area contributed by atoms with E-state index in [1.165, 1.54) is 5.57 Å². The van der Waals surface area contributed by atoms with E-state index in [9.17, 15) is 4.79 Å². The molecule has 1 aliphatic carbocycles. The second-order valence-corrected chi connectivity index (χ2v) is 5.07. The molecule has 0 heterocycles. The number of carbonyl (C=O) groups excluding carboxylic acids is 1. The Morgan fingerprint density at radius 2 is 2.21 bits per heavy atom. The first kappa shape index (κ1) is 11.2. The van der Waals surface area contributed by atoms with Gasteiger partial charge in [0.1, 0.15) is 0 Å². The van der Waals surface area contributed by atoms with Gasteiger partial charge < -0.3 is 0 Å². The highest BCUT2D eigenvalue weighted by Gasteiger charge is 2.29. The molecule has 0 N–H and O–H groups in total. The molecule has 1 atom stereocenters. The Labute approximate surface area is 86.9 Å². The lowest BCUT2D eigenvalue weighted by Crippen LogP contribution is -2.25. The molecule has 14 heavy (non-hydrogen) atoms. The van der Waals surface area contributed by atoms with Crippen LogP contribution in [0.1, 0.15) is 40.5 Å². The Hall–Kier alpha value is -0.850. The standard InChI is InChI=1S/C13H20O/c1-5-6-12(14)11-7-10(2)8-13(3,4)9-11/h5-7,11H,8-9H2,1-4H3/b6-5-. The van der Waals surface area contributed by atoms with E-state index >= 15 is 0 Å². The van der Waals surface area contributed by atoms with Crippen molar-refractivity contribution in [3.8, 4) is 0 Å². The van der Waals surface area contributed by atoms with Crippen molar-refractivity contribution in [1.82, 2.24) is 0 Å². The first-order valence-corrected chi connectivity index (χ1v) is 5.28. The van der Waals surface area contributed by atoms with Gasteiger partial charge in [0, 0.05) is 5.92 Å². The maximum absolute atomic E-state index is 11.7. The molecule has 0 saturated heterocycles. The molecule has 0 spiro atoms. The second-order valence-electron chi connectivity index (χ2n) is 5.07. The van der Waals surface area contributed by atoms with Crippen molar-refractivity contribution in [2.75, 3.05) is 0 Å². The third kappa shape index (κ3) is 2.83. The summed E-state index contributed by atoms with van der Waals surface area (Å²) in [5.41, 5.74) is 1.63. The minimum absolute atomic E-state index is 0.106. The maximum Gasteiger partial charge on any atom is 0.162 e. The van der Waals surface area contributed by atoms with Crippen LogP contribution >= 0.6 is 0 Å². The molecule has 0 bridgehead atoms. The van der Waals surface area contributed by atoms with Gasteiger partial charge in [0.2, 0.25) is 0 Å². The molecule has 0 fully saturated rings. The molecule has 1 nitrogen and oxygen atoms in total. The molecule has 0 aliphatic heterocycles. The lowest BCUT2D eigenvalue weighted by Gasteiger charge is -2.32. The smallest absolute Gasteiger partial charge is 0.162 e. The molecule has 1 unspecified atom stereocenters. The van der Waals surface area contributed by atoms with Gasteiger partial charge in [-0.2, -0.15) is 0 Å². The summed E-state index contributed by atoms with van der Waals surface area (Å²) >= 11 is 0. The lowest BCUT2D eigenvalue weighted by atomic mass is 9.72. The van der Waals surface area contributed by atoms with E-state index in [1.54, 1.807) is 6.08 Å². The van der Waals surface area contributed by atoms with Crippen LogP contribution in [-0.2, 0) is 4.79 Å². The number of ketones is 1. The van der Waals surface area contributed by atoms with Crippen LogP contribution in [0.4, 0.5) is 0 Å². The number of hydrogen-bond donors (Lipinski definition) is 0. The van der Waals surface area contributed by atoms with Crippen molar-refractivity contribution in [3.63, 3.8) is 0 Å². The molecule has 0 aromatic carbocycles. The normalized spacial score (nSPS) is 26.3. The van der Waals surface area contributed by atoms with Gasteiger partial charge in [0.25, 0.3) is 0 Å². The Balaban J connectivity index is 2.81. The average molecular weight is 192 g/mol. The number of allylic oxidation sites excluding steroid dienone is 4. The SMILES string of the molecule is C/C=C\C(=O)C1C=C(C)CC(C)(C)C1. The summed E-state index contributed by atoms with van der Waals surface area (Å²) in [5, 5.41) is 0. The zero-order chi connectivity index (χ0) is 10.8. The largest absolute Gasteiger partial charge is 0.294 e. The highest BCUT2D eigenvalue weighted by atomic mass is 16.1. The van der Waals surface area contributed by atoms with E-state index in [4.69, 9.17) is 0 Å². The zero-order valence-electron chi connectivity index (χ0n) is 9.63. The Kier molecular flexibility index (Phi) is 3.30. The Bertz CT molecular complexity index is 282. The molecule has 0 saturated carbocycles. The van der Waals surface area contributed by atoms with Crippen LogP contribution in [0.5, 0.6) is 0 Å². The van der Waals surface area contributed by atoms with Crippen LogP contribution in [0.2, 0.25) is 0 Å².